The van der Waals surface area contributed by atoms with Crippen molar-refractivity contribution in [3.63, 3.8) is 0 Å². The highest BCUT2D eigenvalue weighted by atomic mass is 19.1. The number of nitrogens with zero attached hydrogens (tertiary/aromatic N) is 3. The molecular weight excluding hydrogens is 395 g/mol. The maximum Gasteiger partial charge on any atom is 0.237 e. The molecule has 31 heavy (non-hydrogen) atoms. The zero-order valence-electron chi connectivity index (χ0n) is 17.9. The Morgan fingerprint density at radius 1 is 0.903 bits per heavy atom. The Balaban J connectivity index is 1.54. The number of nitrogens with two attached hydrogens (primary N) is 1. The fourth-order valence-electron chi connectivity index (χ4n) is 3.82. The van der Waals surface area contributed by atoms with E-state index in [0.717, 1.165) is 50.3 Å². The largest absolute Gasteiger partial charge is 0.370 e. The summed E-state index contributed by atoms with van der Waals surface area (Å²) in [5, 5.41) is 0. The van der Waals surface area contributed by atoms with Gasteiger partial charge in [0.05, 0.1) is 6.54 Å². The van der Waals surface area contributed by atoms with Gasteiger partial charge in [0.15, 0.2) is 0 Å². The number of rotatable bonds is 9. The van der Waals surface area contributed by atoms with Crippen LogP contribution in [0.2, 0.25) is 0 Å². The zero-order chi connectivity index (χ0) is 22.1. The van der Waals surface area contributed by atoms with Crippen molar-refractivity contribution < 1.29 is 14.0 Å². The van der Waals surface area contributed by atoms with E-state index in [1.807, 2.05) is 42.5 Å². The molecule has 0 spiro atoms. The second-order valence-electron chi connectivity index (χ2n) is 8.05. The Morgan fingerprint density at radius 3 is 2.29 bits per heavy atom. The maximum atomic E-state index is 13.1. The minimum absolute atomic E-state index is 0.0112. The van der Waals surface area contributed by atoms with E-state index in [9.17, 15) is 14.0 Å². The van der Waals surface area contributed by atoms with Crippen LogP contribution in [-0.4, -0.2) is 65.8 Å². The molecule has 0 unspecified atom stereocenters. The van der Waals surface area contributed by atoms with Crippen molar-refractivity contribution in [2.45, 2.75) is 25.9 Å². The quantitative estimate of drug-likeness (QED) is 0.668. The fraction of sp³-hybridized carbons (Fsp3) is 0.417. The monoisotopic (exact) mass is 426 g/mol. The standard InChI is InChI=1S/C24H31FN4O2/c25-22-9-7-21(8-10-22)17-27-12-4-13-28(16-15-27)19-24(31)29(14-11-23(26)30)18-20-5-2-1-3-6-20/h1-3,5-10H,4,11-19H2,(H2,26,30). The number of benzene rings is 2. The van der Waals surface area contributed by atoms with Gasteiger partial charge in [0.2, 0.25) is 11.8 Å². The van der Waals surface area contributed by atoms with Crippen LogP contribution >= 0.6 is 0 Å². The SMILES string of the molecule is NC(=O)CCN(Cc1ccccc1)C(=O)CN1CCCN(Cc2ccc(F)cc2)CC1. The second kappa shape index (κ2) is 11.6. The third-order valence-corrected chi connectivity index (χ3v) is 5.56. The number of primary amides is 1. The lowest BCUT2D eigenvalue weighted by atomic mass is 10.2. The van der Waals surface area contributed by atoms with Gasteiger partial charge in [-0.3, -0.25) is 19.4 Å². The number of hydrogen-bond acceptors (Lipinski definition) is 4. The number of halogens is 1. The molecule has 6 nitrogen and oxygen atoms in total. The Labute approximate surface area is 183 Å². The third kappa shape index (κ3) is 7.77. The lowest BCUT2D eigenvalue weighted by molar-refractivity contribution is -0.133. The number of amides is 2. The summed E-state index contributed by atoms with van der Waals surface area (Å²) in [6.45, 7) is 5.34. The Bertz CT molecular complexity index is 844. The van der Waals surface area contributed by atoms with Crippen molar-refractivity contribution >= 4 is 11.8 Å². The van der Waals surface area contributed by atoms with Crippen LogP contribution in [0.15, 0.2) is 54.6 Å². The van der Waals surface area contributed by atoms with Gasteiger partial charge in [-0.05, 0) is 42.8 Å². The molecule has 0 aliphatic carbocycles. The van der Waals surface area contributed by atoms with Crippen LogP contribution in [0, 0.1) is 5.82 Å². The lowest BCUT2D eigenvalue weighted by Crippen LogP contribution is -2.42. The summed E-state index contributed by atoms with van der Waals surface area (Å²) < 4.78 is 13.1. The van der Waals surface area contributed by atoms with Gasteiger partial charge in [-0.25, -0.2) is 4.39 Å². The van der Waals surface area contributed by atoms with Crippen LogP contribution in [0.5, 0.6) is 0 Å². The number of hydrogen-bond donors (Lipinski definition) is 1. The van der Waals surface area contributed by atoms with Crippen LogP contribution in [0.25, 0.3) is 0 Å². The van der Waals surface area contributed by atoms with E-state index in [0.29, 0.717) is 19.6 Å². The number of carbonyl (C=O) groups is 2. The van der Waals surface area contributed by atoms with Crippen molar-refractivity contribution in [3.05, 3.63) is 71.5 Å². The summed E-state index contributed by atoms with van der Waals surface area (Å²) >= 11 is 0. The Hall–Kier alpha value is -2.77. The zero-order valence-corrected chi connectivity index (χ0v) is 17.9. The summed E-state index contributed by atoms with van der Waals surface area (Å²) in [6.07, 6.45) is 1.12. The van der Waals surface area contributed by atoms with Crippen molar-refractivity contribution in [1.82, 2.24) is 14.7 Å². The van der Waals surface area contributed by atoms with E-state index in [1.54, 1.807) is 4.90 Å². The van der Waals surface area contributed by atoms with E-state index in [2.05, 4.69) is 9.80 Å². The molecule has 2 aromatic carbocycles. The molecule has 0 bridgehead atoms. The summed E-state index contributed by atoms with van der Waals surface area (Å²) in [6, 6.07) is 16.4. The normalized spacial score (nSPS) is 15.4. The highest BCUT2D eigenvalue weighted by Gasteiger charge is 2.21. The van der Waals surface area contributed by atoms with Gasteiger partial charge in [0, 0.05) is 39.1 Å². The molecular formula is C24H31FN4O2. The van der Waals surface area contributed by atoms with E-state index in [-0.39, 0.29) is 18.1 Å². The summed E-state index contributed by atoms with van der Waals surface area (Å²) in [4.78, 5) is 30.5. The minimum Gasteiger partial charge on any atom is -0.370 e. The van der Waals surface area contributed by atoms with Gasteiger partial charge in [-0.1, -0.05) is 42.5 Å². The maximum absolute atomic E-state index is 13.1. The third-order valence-electron chi connectivity index (χ3n) is 5.56. The van der Waals surface area contributed by atoms with Crippen LogP contribution in [0.1, 0.15) is 24.0 Å². The van der Waals surface area contributed by atoms with Crippen LogP contribution < -0.4 is 5.73 Å². The summed E-state index contributed by atoms with van der Waals surface area (Å²) in [5.41, 5.74) is 7.43. The van der Waals surface area contributed by atoms with Gasteiger partial charge < -0.3 is 10.6 Å². The Kier molecular flexibility index (Phi) is 8.55. The smallest absolute Gasteiger partial charge is 0.237 e. The summed E-state index contributed by atoms with van der Waals surface area (Å²) in [5.74, 6) is -0.616. The molecule has 0 aromatic heterocycles. The number of carbonyl (C=O) groups excluding carboxylic acids is 2. The first kappa shape index (κ1) is 22.9. The molecule has 2 N–H and O–H groups in total. The van der Waals surface area contributed by atoms with Crippen molar-refractivity contribution in [2.75, 3.05) is 39.3 Å². The van der Waals surface area contributed by atoms with Gasteiger partial charge in [-0.15, -0.1) is 0 Å². The average Bonchev–Trinajstić information content (AvgIpc) is 2.98. The molecule has 1 saturated heterocycles. The highest BCUT2D eigenvalue weighted by molar-refractivity contribution is 5.79. The molecule has 166 valence electrons. The molecule has 1 heterocycles. The average molecular weight is 427 g/mol. The van der Waals surface area contributed by atoms with Gasteiger partial charge >= 0.3 is 0 Å². The second-order valence-corrected chi connectivity index (χ2v) is 8.05. The first-order valence-electron chi connectivity index (χ1n) is 10.8. The van der Waals surface area contributed by atoms with E-state index >= 15 is 0 Å². The molecule has 1 fully saturated rings. The molecule has 0 radical (unpaired) electrons. The van der Waals surface area contributed by atoms with E-state index < -0.39 is 5.91 Å². The highest BCUT2D eigenvalue weighted by Crippen LogP contribution is 2.11. The van der Waals surface area contributed by atoms with E-state index in [4.69, 9.17) is 5.73 Å². The first-order chi connectivity index (χ1) is 15.0. The van der Waals surface area contributed by atoms with Gasteiger partial charge in [0.1, 0.15) is 5.82 Å². The lowest BCUT2D eigenvalue weighted by Gasteiger charge is -2.27. The van der Waals surface area contributed by atoms with Gasteiger partial charge in [0.25, 0.3) is 0 Å². The topological polar surface area (TPSA) is 69.9 Å². The van der Waals surface area contributed by atoms with E-state index in [1.165, 1.54) is 12.1 Å². The molecule has 3 rings (SSSR count). The molecule has 2 amide bonds. The molecule has 2 aromatic rings. The minimum atomic E-state index is -0.405. The van der Waals surface area contributed by atoms with Gasteiger partial charge in [-0.2, -0.15) is 0 Å². The predicted octanol–water partition coefficient (Wildman–Crippen LogP) is 2.24. The first-order valence-corrected chi connectivity index (χ1v) is 10.8. The Morgan fingerprint density at radius 2 is 1.58 bits per heavy atom. The molecule has 0 saturated carbocycles. The molecule has 0 atom stereocenters. The fourth-order valence-corrected chi connectivity index (χ4v) is 3.82. The molecule has 7 heteroatoms. The van der Waals surface area contributed by atoms with Crippen molar-refractivity contribution in [2.24, 2.45) is 5.73 Å². The van der Waals surface area contributed by atoms with Crippen molar-refractivity contribution in [1.29, 1.82) is 0 Å². The van der Waals surface area contributed by atoms with Crippen LogP contribution in [-0.2, 0) is 22.7 Å². The molecule has 1 aliphatic heterocycles. The molecule has 1 aliphatic rings. The summed E-state index contributed by atoms with van der Waals surface area (Å²) in [7, 11) is 0. The van der Waals surface area contributed by atoms with Crippen LogP contribution in [0.4, 0.5) is 4.39 Å². The predicted molar refractivity (Wildman–Crippen MR) is 118 cm³/mol. The van der Waals surface area contributed by atoms with Crippen molar-refractivity contribution in [3.8, 4) is 0 Å². The van der Waals surface area contributed by atoms with Crippen LogP contribution in [0.3, 0.4) is 0 Å².